The molecular formula is C12H18ClNO2. The Labute approximate surface area is 101 Å². The van der Waals surface area contributed by atoms with Gasteiger partial charge < -0.3 is 15.2 Å². The normalized spacial score (nSPS) is 10.7. The second kappa shape index (κ2) is 5.41. The highest BCUT2D eigenvalue weighted by molar-refractivity contribution is 6.32. The Kier molecular flexibility index (Phi) is 4.44. The maximum Gasteiger partial charge on any atom is 0.166 e. The summed E-state index contributed by atoms with van der Waals surface area (Å²) in [5.74, 6) is 1.62. The van der Waals surface area contributed by atoms with Gasteiger partial charge in [0.25, 0.3) is 0 Å². The third-order valence-electron chi connectivity index (χ3n) is 2.55. The summed E-state index contributed by atoms with van der Waals surface area (Å²) in [4.78, 5) is 0. The molecule has 4 heteroatoms. The van der Waals surface area contributed by atoms with Crippen molar-refractivity contribution in [3.05, 3.63) is 22.2 Å². The first-order valence-electron chi connectivity index (χ1n) is 5.20. The molecule has 0 aliphatic rings. The Morgan fingerprint density at radius 2 is 1.94 bits per heavy atom. The van der Waals surface area contributed by atoms with Gasteiger partial charge in [0.1, 0.15) is 0 Å². The highest BCUT2D eigenvalue weighted by Crippen LogP contribution is 2.40. The quantitative estimate of drug-likeness (QED) is 0.884. The van der Waals surface area contributed by atoms with Gasteiger partial charge in [-0.3, -0.25) is 0 Å². The first-order chi connectivity index (χ1) is 7.56. The fourth-order valence-electron chi connectivity index (χ4n) is 1.67. The van der Waals surface area contributed by atoms with Crippen LogP contribution in [0, 0.1) is 0 Å². The predicted molar refractivity (Wildman–Crippen MR) is 66.5 cm³/mol. The van der Waals surface area contributed by atoms with E-state index in [4.69, 9.17) is 26.8 Å². The Morgan fingerprint density at radius 3 is 2.31 bits per heavy atom. The number of ether oxygens (including phenoxy) is 2. The number of halogens is 1. The SMILES string of the molecule is COc1cc(C(C)C)c(Cl)c(CN)c1OC. The molecule has 3 nitrogen and oxygen atoms in total. The molecule has 0 bridgehead atoms. The van der Waals surface area contributed by atoms with Crippen LogP contribution in [0.4, 0.5) is 0 Å². The summed E-state index contributed by atoms with van der Waals surface area (Å²) in [6.07, 6.45) is 0. The predicted octanol–water partition coefficient (Wildman–Crippen LogP) is 2.94. The van der Waals surface area contributed by atoms with E-state index in [1.54, 1.807) is 14.2 Å². The van der Waals surface area contributed by atoms with Gasteiger partial charge in [-0.1, -0.05) is 25.4 Å². The molecule has 0 atom stereocenters. The first-order valence-corrected chi connectivity index (χ1v) is 5.57. The smallest absolute Gasteiger partial charge is 0.166 e. The average molecular weight is 244 g/mol. The molecule has 1 aromatic carbocycles. The average Bonchev–Trinajstić information content (AvgIpc) is 2.27. The molecule has 0 aromatic heterocycles. The van der Waals surface area contributed by atoms with E-state index in [0.717, 1.165) is 11.1 Å². The fourth-order valence-corrected chi connectivity index (χ4v) is 2.11. The summed E-state index contributed by atoms with van der Waals surface area (Å²) in [5, 5.41) is 0.676. The van der Waals surface area contributed by atoms with Gasteiger partial charge in [0.2, 0.25) is 0 Å². The molecule has 0 unspecified atom stereocenters. The lowest BCUT2D eigenvalue weighted by Gasteiger charge is -2.18. The zero-order valence-electron chi connectivity index (χ0n) is 10.1. The van der Waals surface area contributed by atoms with Crippen molar-refractivity contribution in [3.8, 4) is 11.5 Å². The molecule has 2 N–H and O–H groups in total. The summed E-state index contributed by atoms with van der Waals surface area (Å²) in [6, 6.07) is 1.91. The van der Waals surface area contributed by atoms with Gasteiger partial charge in [-0.15, -0.1) is 0 Å². The van der Waals surface area contributed by atoms with Gasteiger partial charge in [-0.2, -0.15) is 0 Å². The standard InChI is InChI=1S/C12H18ClNO2/c1-7(2)8-5-10(15-3)12(16-4)9(6-14)11(8)13/h5,7H,6,14H2,1-4H3. The minimum Gasteiger partial charge on any atom is -0.493 e. The van der Waals surface area contributed by atoms with Crippen LogP contribution in [0.1, 0.15) is 30.9 Å². The lowest BCUT2D eigenvalue weighted by Crippen LogP contribution is -2.05. The molecule has 0 saturated heterocycles. The fraction of sp³-hybridized carbons (Fsp3) is 0.500. The van der Waals surface area contributed by atoms with Crippen molar-refractivity contribution in [3.63, 3.8) is 0 Å². The number of hydrogen-bond donors (Lipinski definition) is 1. The molecule has 0 radical (unpaired) electrons. The highest BCUT2D eigenvalue weighted by atomic mass is 35.5. The van der Waals surface area contributed by atoms with Crippen molar-refractivity contribution in [1.29, 1.82) is 0 Å². The Hall–Kier alpha value is -0.930. The van der Waals surface area contributed by atoms with Crippen LogP contribution in [0.15, 0.2) is 6.07 Å². The van der Waals surface area contributed by atoms with E-state index in [-0.39, 0.29) is 0 Å². The van der Waals surface area contributed by atoms with E-state index in [1.807, 2.05) is 6.07 Å². The summed E-state index contributed by atoms with van der Waals surface area (Å²) in [5.41, 5.74) is 7.53. The lowest BCUT2D eigenvalue weighted by atomic mass is 9.99. The van der Waals surface area contributed by atoms with E-state index in [9.17, 15) is 0 Å². The molecule has 1 rings (SSSR count). The Bertz CT molecular complexity index is 378. The minimum atomic E-state index is 0.317. The summed E-state index contributed by atoms with van der Waals surface area (Å²) < 4.78 is 10.6. The van der Waals surface area contributed by atoms with Crippen molar-refractivity contribution in [2.24, 2.45) is 5.73 Å². The maximum absolute atomic E-state index is 6.30. The number of benzene rings is 1. The minimum absolute atomic E-state index is 0.317. The molecule has 0 spiro atoms. The highest BCUT2D eigenvalue weighted by Gasteiger charge is 2.18. The number of methoxy groups -OCH3 is 2. The zero-order chi connectivity index (χ0) is 12.3. The Morgan fingerprint density at radius 1 is 1.31 bits per heavy atom. The zero-order valence-corrected chi connectivity index (χ0v) is 10.9. The van der Waals surface area contributed by atoms with Gasteiger partial charge in [-0.25, -0.2) is 0 Å². The van der Waals surface area contributed by atoms with E-state index >= 15 is 0 Å². The van der Waals surface area contributed by atoms with E-state index < -0.39 is 0 Å². The largest absolute Gasteiger partial charge is 0.493 e. The van der Waals surface area contributed by atoms with Gasteiger partial charge >= 0.3 is 0 Å². The van der Waals surface area contributed by atoms with Gasteiger partial charge in [0.15, 0.2) is 11.5 Å². The van der Waals surface area contributed by atoms with E-state index in [2.05, 4.69) is 13.8 Å². The van der Waals surface area contributed by atoms with Crippen LogP contribution >= 0.6 is 11.6 Å². The molecular weight excluding hydrogens is 226 g/mol. The molecule has 0 saturated carbocycles. The van der Waals surface area contributed by atoms with Crippen LogP contribution in [0.3, 0.4) is 0 Å². The van der Waals surface area contributed by atoms with Gasteiger partial charge in [0, 0.05) is 12.1 Å². The van der Waals surface area contributed by atoms with Crippen molar-refractivity contribution < 1.29 is 9.47 Å². The van der Waals surface area contributed by atoms with E-state index in [1.165, 1.54) is 0 Å². The maximum atomic E-state index is 6.30. The molecule has 1 aromatic rings. The molecule has 90 valence electrons. The molecule has 0 amide bonds. The molecule has 0 fully saturated rings. The van der Waals surface area contributed by atoms with Crippen LogP contribution < -0.4 is 15.2 Å². The van der Waals surface area contributed by atoms with Crippen LogP contribution in [0.25, 0.3) is 0 Å². The van der Waals surface area contributed by atoms with E-state index in [0.29, 0.717) is 29.0 Å². The number of nitrogens with two attached hydrogens (primary N) is 1. The molecule has 0 heterocycles. The third-order valence-corrected chi connectivity index (χ3v) is 3.00. The van der Waals surface area contributed by atoms with Crippen molar-refractivity contribution >= 4 is 11.6 Å². The molecule has 16 heavy (non-hydrogen) atoms. The van der Waals surface area contributed by atoms with Crippen molar-refractivity contribution in [1.82, 2.24) is 0 Å². The van der Waals surface area contributed by atoms with Gasteiger partial charge in [0.05, 0.1) is 19.2 Å². The topological polar surface area (TPSA) is 44.5 Å². The molecule has 0 aliphatic carbocycles. The van der Waals surface area contributed by atoms with Crippen molar-refractivity contribution in [2.75, 3.05) is 14.2 Å². The van der Waals surface area contributed by atoms with Crippen LogP contribution in [0.2, 0.25) is 5.02 Å². The van der Waals surface area contributed by atoms with Crippen molar-refractivity contribution in [2.45, 2.75) is 26.3 Å². The third kappa shape index (κ3) is 2.25. The molecule has 0 aliphatic heterocycles. The second-order valence-corrected chi connectivity index (χ2v) is 4.23. The summed E-state index contributed by atoms with van der Waals surface area (Å²) >= 11 is 6.30. The summed E-state index contributed by atoms with van der Waals surface area (Å²) in [7, 11) is 3.19. The first kappa shape index (κ1) is 13.1. The van der Waals surface area contributed by atoms with Crippen LogP contribution in [-0.4, -0.2) is 14.2 Å². The second-order valence-electron chi connectivity index (χ2n) is 3.85. The number of hydrogen-bond acceptors (Lipinski definition) is 3. The number of rotatable bonds is 4. The van der Waals surface area contributed by atoms with Gasteiger partial charge in [-0.05, 0) is 17.5 Å². The Balaban J connectivity index is 3.48. The summed E-state index contributed by atoms with van der Waals surface area (Å²) in [6.45, 7) is 4.49. The monoisotopic (exact) mass is 243 g/mol. The van der Waals surface area contributed by atoms with Crippen LogP contribution in [0.5, 0.6) is 11.5 Å². The van der Waals surface area contributed by atoms with Crippen LogP contribution in [-0.2, 0) is 6.54 Å². The lowest BCUT2D eigenvalue weighted by molar-refractivity contribution is 0.351.